The Morgan fingerprint density at radius 2 is 1.93 bits per heavy atom. The molecule has 0 aromatic heterocycles. The van der Waals surface area contributed by atoms with Crippen LogP contribution < -0.4 is 4.72 Å². The number of aliphatic hydroxyl groups excluding tert-OH is 1. The quantitative estimate of drug-likeness (QED) is 0.759. The molecule has 15 heavy (non-hydrogen) atoms. The minimum atomic E-state index is -3.22. The lowest BCUT2D eigenvalue weighted by molar-refractivity contribution is 0.125. The third kappa shape index (κ3) is 3.43. The second-order valence-corrected chi connectivity index (χ2v) is 6.64. The molecule has 1 aliphatic rings. The van der Waals surface area contributed by atoms with Gasteiger partial charge in [0.1, 0.15) is 0 Å². The van der Waals surface area contributed by atoms with Gasteiger partial charge in [-0.05, 0) is 38.5 Å². The molecule has 1 saturated carbocycles. The molecule has 0 spiro atoms. The molecule has 5 heteroatoms. The average molecular weight is 235 g/mol. The van der Waals surface area contributed by atoms with Gasteiger partial charge in [-0.1, -0.05) is 6.92 Å². The van der Waals surface area contributed by atoms with E-state index in [1.54, 1.807) is 6.92 Å². The molecule has 0 atom stereocenters. The van der Waals surface area contributed by atoms with Crippen molar-refractivity contribution in [2.75, 3.05) is 12.4 Å². The van der Waals surface area contributed by atoms with E-state index in [9.17, 15) is 13.5 Å². The van der Waals surface area contributed by atoms with E-state index >= 15 is 0 Å². The predicted octanol–water partition coefficient (Wildman–Crippen LogP) is 0.867. The van der Waals surface area contributed by atoms with Crippen molar-refractivity contribution in [3.05, 3.63) is 0 Å². The summed E-state index contributed by atoms with van der Waals surface area (Å²) in [5, 5.41) is 9.36. The molecule has 0 amide bonds. The van der Waals surface area contributed by atoms with E-state index in [4.69, 9.17) is 0 Å². The fourth-order valence-electron chi connectivity index (χ4n) is 2.01. The third-order valence-corrected chi connectivity index (χ3v) is 4.79. The molecule has 1 fully saturated rings. The van der Waals surface area contributed by atoms with Gasteiger partial charge in [0.25, 0.3) is 0 Å². The first-order valence-electron chi connectivity index (χ1n) is 5.55. The van der Waals surface area contributed by atoms with E-state index in [1.165, 1.54) is 0 Å². The van der Waals surface area contributed by atoms with Gasteiger partial charge in [0.15, 0.2) is 0 Å². The van der Waals surface area contributed by atoms with Crippen LogP contribution in [0.5, 0.6) is 0 Å². The van der Waals surface area contributed by atoms with Gasteiger partial charge in [0, 0.05) is 0 Å². The molecular formula is C10H21NO3S. The molecule has 0 aliphatic heterocycles. The normalized spacial score (nSPS) is 32.9. The monoisotopic (exact) mass is 235 g/mol. The standard InChI is InChI=1S/C10H21NO3S/c1-3-15(13,14)11-10(8-12)6-4-9(2)5-7-10/h9,11-12H,3-8H2,1-2H3. The number of hydrogen-bond donors (Lipinski definition) is 2. The zero-order chi connectivity index (χ0) is 11.5. The summed E-state index contributed by atoms with van der Waals surface area (Å²) < 4.78 is 25.6. The Kier molecular flexibility index (Phi) is 4.14. The number of aliphatic hydroxyl groups is 1. The minimum Gasteiger partial charge on any atom is -0.394 e. The van der Waals surface area contributed by atoms with Crippen molar-refractivity contribution in [3.8, 4) is 0 Å². The average Bonchev–Trinajstić information content (AvgIpc) is 2.22. The molecule has 2 N–H and O–H groups in total. The SMILES string of the molecule is CCS(=O)(=O)NC1(CO)CCC(C)CC1. The summed E-state index contributed by atoms with van der Waals surface area (Å²) in [4.78, 5) is 0. The van der Waals surface area contributed by atoms with Crippen LogP contribution in [-0.2, 0) is 10.0 Å². The third-order valence-electron chi connectivity index (χ3n) is 3.29. The maximum atomic E-state index is 11.5. The largest absolute Gasteiger partial charge is 0.394 e. The number of hydrogen-bond acceptors (Lipinski definition) is 3. The van der Waals surface area contributed by atoms with Crippen molar-refractivity contribution >= 4 is 10.0 Å². The first-order chi connectivity index (χ1) is 6.93. The molecule has 0 aromatic rings. The Morgan fingerprint density at radius 3 is 2.33 bits per heavy atom. The highest BCUT2D eigenvalue weighted by Crippen LogP contribution is 2.32. The molecule has 1 rings (SSSR count). The van der Waals surface area contributed by atoms with E-state index in [-0.39, 0.29) is 12.4 Å². The Hall–Kier alpha value is -0.130. The lowest BCUT2D eigenvalue weighted by atomic mass is 9.78. The summed E-state index contributed by atoms with van der Waals surface area (Å²) in [7, 11) is -3.22. The van der Waals surface area contributed by atoms with Crippen molar-refractivity contribution in [2.45, 2.75) is 45.1 Å². The van der Waals surface area contributed by atoms with Crippen LogP contribution in [0.3, 0.4) is 0 Å². The van der Waals surface area contributed by atoms with Crippen LogP contribution in [0, 0.1) is 5.92 Å². The molecule has 0 unspecified atom stereocenters. The van der Waals surface area contributed by atoms with Crippen LogP contribution in [0.2, 0.25) is 0 Å². The maximum absolute atomic E-state index is 11.5. The fraction of sp³-hybridized carbons (Fsp3) is 1.00. The second-order valence-electron chi connectivity index (χ2n) is 4.63. The lowest BCUT2D eigenvalue weighted by Gasteiger charge is -2.38. The van der Waals surface area contributed by atoms with Crippen molar-refractivity contribution in [2.24, 2.45) is 5.92 Å². The van der Waals surface area contributed by atoms with Gasteiger partial charge in [-0.25, -0.2) is 13.1 Å². The van der Waals surface area contributed by atoms with E-state index in [0.29, 0.717) is 5.92 Å². The molecule has 1 aliphatic carbocycles. The number of nitrogens with one attached hydrogen (secondary N) is 1. The van der Waals surface area contributed by atoms with Gasteiger partial charge in [0.05, 0.1) is 17.9 Å². The number of rotatable bonds is 4. The first-order valence-corrected chi connectivity index (χ1v) is 7.21. The van der Waals surface area contributed by atoms with E-state index in [2.05, 4.69) is 11.6 Å². The van der Waals surface area contributed by atoms with Crippen molar-refractivity contribution < 1.29 is 13.5 Å². The molecule has 0 radical (unpaired) electrons. The predicted molar refractivity (Wildman–Crippen MR) is 60.0 cm³/mol. The Labute approximate surface area is 92.1 Å². The molecule has 0 bridgehead atoms. The van der Waals surface area contributed by atoms with Crippen molar-refractivity contribution in [1.82, 2.24) is 4.72 Å². The second kappa shape index (κ2) is 4.80. The van der Waals surface area contributed by atoms with Crippen LogP contribution in [0.25, 0.3) is 0 Å². The van der Waals surface area contributed by atoms with E-state index < -0.39 is 15.6 Å². The summed E-state index contributed by atoms with van der Waals surface area (Å²) in [5.41, 5.74) is -0.596. The highest BCUT2D eigenvalue weighted by Gasteiger charge is 2.36. The Balaban J connectivity index is 2.70. The first kappa shape index (κ1) is 12.9. The van der Waals surface area contributed by atoms with E-state index in [1.807, 2.05) is 0 Å². The van der Waals surface area contributed by atoms with E-state index in [0.717, 1.165) is 25.7 Å². The molecular weight excluding hydrogens is 214 g/mol. The minimum absolute atomic E-state index is 0.0737. The summed E-state index contributed by atoms with van der Waals surface area (Å²) in [5.74, 6) is 0.709. The van der Waals surface area contributed by atoms with Gasteiger partial charge in [-0.15, -0.1) is 0 Å². The Bertz CT molecular complexity index is 292. The van der Waals surface area contributed by atoms with Gasteiger partial charge < -0.3 is 5.11 Å². The van der Waals surface area contributed by atoms with Gasteiger partial charge >= 0.3 is 0 Å². The van der Waals surface area contributed by atoms with Crippen LogP contribution >= 0.6 is 0 Å². The summed E-state index contributed by atoms with van der Waals surface area (Å²) in [6.07, 6.45) is 3.44. The van der Waals surface area contributed by atoms with Crippen LogP contribution in [0.15, 0.2) is 0 Å². The zero-order valence-corrected chi connectivity index (χ0v) is 10.3. The maximum Gasteiger partial charge on any atom is 0.211 e. The van der Waals surface area contributed by atoms with Gasteiger partial charge in [-0.3, -0.25) is 0 Å². The summed E-state index contributed by atoms with van der Waals surface area (Å²) in [6, 6.07) is 0. The summed E-state index contributed by atoms with van der Waals surface area (Å²) >= 11 is 0. The van der Waals surface area contributed by atoms with Gasteiger partial charge in [0.2, 0.25) is 10.0 Å². The Morgan fingerprint density at radius 1 is 1.40 bits per heavy atom. The van der Waals surface area contributed by atoms with Crippen LogP contribution in [0.1, 0.15) is 39.5 Å². The molecule has 0 saturated heterocycles. The van der Waals surface area contributed by atoms with Crippen molar-refractivity contribution in [3.63, 3.8) is 0 Å². The van der Waals surface area contributed by atoms with Crippen molar-refractivity contribution in [1.29, 1.82) is 0 Å². The number of sulfonamides is 1. The van der Waals surface area contributed by atoms with Gasteiger partial charge in [-0.2, -0.15) is 0 Å². The highest BCUT2D eigenvalue weighted by atomic mass is 32.2. The molecule has 0 aromatic carbocycles. The van der Waals surface area contributed by atoms with Crippen LogP contribution in [-0.4, -0.2) is 31.4 Å². The molecule has 0 heterocycles. The topological polar surface area (TPSA) is 66.4 Å². The smallest absolute Gasteiger partial charge is 0.211 e. The zero-order valence-electron chi connectivity index (χ0n) is 9.49. The molecule has 4 nitrogen and oxygen atoms in total. The molecule has 90 valence electrons. The van der Waals surface area contributed by atoms with Crippen LogP contribution in [0.4, 0.5) is 0 Å². The fourth-order valence-corrected chi connectivity index (χ4v) is 3.08. The summed E-state index contributed by atoms with van der Waals surface area (Å²) in [6.45, 7) is 3.67. The highest BCUT2D eigenvalue weighted by molar-refractivity contribution is 7.89. The lowest BCUT2D eigenvalue weighted by Crippen LogP contribution is -2.53.